The van der Waals surface area contributed by atoms with E-state index in [9.17, 15) is 5.11 Å². The van der Waals surface area contributed by atoms with E-state index in [2.05, 4.69) is 17.1 Å². The molecule has 2 rings (SSSR count). The second kappa shape index (κ2) is 6.52. The third-order valence-corrected chi connectivity index (χ3v) is 2.95. The molecule has 0 aliphatic carbocycles. The van der Waals surface area contributed by atoms with Gasteiger partial charge in [-0.25, -0.2) is 0 Å². The lowest BCUT2D eigenvalue weighted by molar-refractivity contribution is 0.189. The second-order valence-corrected chi connectivity index (χ2v) is 4.86. The van der Waals surface area contributed by atoms with Crippen LogP contribution in [0.1, 0.15) is 49.2 Å². The summed E-state index contributed by atoms with van der Waals surface area (Å²) >= 11 is 0. The van der Waals surface area contributed by atoms with Gasteiger partial charge in [0.05, 0.1) is 6.10 Å². The predicted octanol–water partition coefficient (Wildman–Crippen LogP) is 2.96. The van der Waals surface area contributed by atoms with E-state index in [0.29, 0.717) is 17.5 Å². The SMILES string of the molecule is CCCc1nc(COc2cc(C)ccc2C(C)O)no1. The molecule has 0 fully saturated rings. The van der Waals surface area contributed by atoms with Crippen molar-refractivity contribution in [3.8, 4) is 5.75 Å². The van der Waals surface area contributed by atoms with Crippen molar-refractivity contribution in [3.63, 3.8) is 0 Å². The number of aliphatic hydroxyl groups excluding tert-OH is 1. The fraction of sp³-hybridized carbons (Fsp3) is 0.467. The van der Waals surface area contributed by atoms with Crippen LogP contribution in [0, 0.1) is 6.92 Å². The van der Waals surface area contributed by atoms with Crippen molar-refractivity contribution in [2.45, 2.75) is 46.3 Å². The monoisotopic (exact) mass is 276 g/mol. The highest BCUT2D eigenvalue weighted by Gasteiger charge is 2.11. The van der Waals surface area contributed by atoms with Gasteiger partial charge >= 0.3 is 0 Å². The molecule has 20 heavy (non-hydrogen) atoms. The molecule has 0 saturated heterocycles. The molecular weight excluding hydrogens is 256 g/mol. The van der Waals surface area contributed by atoms with Gasteiger partial charge in [0, 0.05) is 12.0 Å². The summed E-state index contributed by atoms with van der Waals surface area (Å²) in [4.78, 5) is 4.25. The van der Waals surface area contributed by atoms with E-state index >= 15 is 0 Å². The smallest absolute Gasteiger partial charge is 0.226 e. The van der Waals surface area contributed by atoms with Crippen molar-refractivity contribution in [2.24, 2.45) is 0 Å². The Bertz CT molecular complexity index is 564. The molecule has 1 unspecified atom stereocenters. The minimum absolute atomic E-state index is 0.233. The van der Waals surface area contributed by atoms with Crippen LogP contribution in [0.25, 0.3) is 0 Å². The normalized spacial score (nSPS) is 12.4. The first-order valence-electron chi connectivity index (χ1n) is 6.83. The fourth-order valence-corrected chi connectivity index (χ4v) is 1.92. The van der Waals surface area contributed by atoms with Gasteiger partial charge in [0.1, 0.15) is 5.75 Å². The molecule has 0 aliphatic rings. The Labute approximate surface area is 118 Å². The summed E-state index contributed by atoms with van der Waals surface area (Å²) in [6.07, 6.45) is 1.16. The summed E-state index contributed by atoms with van der Waals surface area (Å²) in [7, 11) is 0. The zero-order valence-corrected chi connectivity index (χ0v) is 12.1. The molecule has 5 heteroatoms. The molecule has 1 aromatic heterocycles. The van der Waals surface area contributed by atoms with Gasteiger partial charge < -0.3 is 14.4 Å². The molecule has 0 bridgehead atoms. The summed E-state index contributed by atoms with van der Waals surface area (Å²) in [5.74, 6) is 1.81. The van der Waals surface area contributed by atoms with Gasteiger partial charge in [0.25, 0.3) is 0 Å². The maximum absolute atomic E-state index is 9.74. The number of aryl methyl sites for hydroxylation is 2. The summed E-state index contributed by atoms with van der Waals surface area (Å²) in [6.45, 7) is 5.98. The van der Waals surface area contributed by atoms with Crippen LogP contribution in [-0.4, -0.2) is 15.2 Å². The van der Waals surface area contributed by atoms with E-state index in [1.54, 1.807) is 6.92 Å². The molecule has 1 heterocycles. The molecule has 1 aromatic carbocycles. The largest absolute Gasteiger partial charge is 0.485 e. The van der Waals surface area contributed by atoms with Crippen molar-refractivity contribution in [1.82, 2.24) is 10.1 Å². The Morgan fingerprint density at radius 1 is 1.40 bits per heavy atom. The number of aliphatic hydroxyl groups is 1. The molecule has 0 saturated carbocycles. The highest BCUT2D eigenvalue weighted by molar-refractivity contribution is 5.38. The maximum Gasteiger partial charge on any atom is 0.226 e. The van der Waals surface area contributed by atoms with Crippen LogP contribution >= 0.6 is 0 Å². The van der Waals surface area contributed by atoms with E-state index in [1.165, 1.54) is 0 Å². The molecule has 0 spiro atoms. The molecule has 0 radical (unpaired) electrons. The highest BCUT2D eigenvalue weighted by atomic mass is 16.5. The summed E-state index contributed by atoms with van der Waals surface area (Å²) in [5.41, 5.74) is 1.83. The first-order valence-corrected chi connectivity index (χ1v) is 6.83. The van der Waals surface area contributed by atoms with Crippen LogP contribution < -0.4 is 4.74 Å². The van der Waals surface area contributed by atoms with Gasteiger partial charge in [-0.15, -0.1) is 0 Å². The molecule has 5 nitrogen and oxygen atoms in total. The van der Waals surface area contributed by atoms with Gasteiger partial charge in [0.15, 0.2) is 6.61 Å². The minimum atomic E-state index is -0.577. The molecule has 2 aromatic rings. The number of hydrogen-bond acceptors (Lipinski definition) is 5. The molecular formula is C15H20N2O3. The Kier molecular flexibility index (Phi) is 4.74. The van der Waals surface area contributed by atoms with E-state index in [4.69, 9.17) is 9.26 Å². The number of hydrogen-bond donors (Lipinski definition) is 1. The average Bonchev–Trinajstić information content (AvgIpc) is 2.84. The fourth-order valence-electron chi connectivity index (χ4n) is 1.92. The Hall–Kier alpha value is -1.88. The summed E-state index contributed by atoms with van der Waals surface area (Å²) < 4.78 is 10.8. The average molecular weight is 276 g/mol. The van der Waals surface area contributed by atoms with Gasteiger partial charge in [0.2, 0.25) is 11.7 Å². The third kappa shape index (κ3) is 3.57. The minimum Gasteiger partial charge on any atom is -0.485 e. The lowest BCUT2D eigenvalue weighted by Crippen LogP contribution is -2.02. The maximum atomic E-state index is 9.74. The zero-order chi connectivity index (χ0) is 14.5. The van der Waals surface area contributed by atoms with E-state index in [1.807, 2.05) is 25.1 Å². The van der Waals surface area contributed by atoms with Crippen molar-refractivity contribution >= 4 is 0 Å². The van der Waals surface area contributed by atoms with Crippen molar-refractivity contribution in [3.05, 3.63) is 41.0 Å². The van der Waals surface area contributed by atoms with Crippen LogP contribution in [0.3, 0.4) is 0 Å². The van der Waals surface area contributed by atoms with Crippen LogP contribution in [0.5, 0.6) is 5.75 Å². The van der Waals surface area contributed by atoms with Gasteiger partial charge in [-0.3, -0.25) is 0 Å². The van der Waals surface area contributed by atoms with Crippen molar-refractivity contribution < 1.29 is 14.4 Å². The predicted molar refractivity (Wildman–Crippen MR) is 74.4 cm³/mol. The molecule has 1 N–H and O–H groups in total. The third-order valence-electron chi connectivity index (χ3n) is 2.95. The molecule has 0 aliphatic heterocycles. The Morgan fingerprint density at radius 3 is 2.90 bits per heavy atom. The van der Waals surface area contributed by atoms with Crippen LogP contribution in [0.2, 0.25) is 0 Å². The first-order chi connectivity index (χ1) is 9.60. The Morgan fingerprint density at radius 2 is 2.20 bits per heavy atom. The van der Waals surface area contributed by atoms with Crippen LogP contribution in [0.4, 0.5) is 0 Å². The number of rotatable bonds is 6. The summed E-state index contributed by atoms with van der Waals surface area (Å²) in [6, 6.07) is 5.71. The number of aromatic nitrogens is 2. The highest BCUT2D eigenvalue weighted by Crippen LogP contribution is 2.26. The lowest BCUT2D eigenvalue weighted by atomic mass is 10.1. The lowest BCUT2D eigenvalue weighted by Gasteiger charge is -2.13. The number of nitrogens with zero attached hydrogens (tertiary/aromatic N) is 2. The van der Waals surface area contributed by atoms with Gasteiger partial charge in [-0.05, 0) is 31.9 Å². The number of ether oxygens (including phenoxy) is 1. The van der Waals surface area contributed by atoms with Crippen molar-refractivity contribution in [1.29, 1.82) is 0 Å². The van der Waals surface area contributed by atoms with Crippen LogP contribution in [-0.2, 0) is 13.0 Å². The number of benzene rings is 1. The quantitative estimate of drug-likeness (QED) is 0.878. The van der Waals surface area contributed by atoms with Crippen molar-refractivity contribution in [2.75, 3.05) is 0 Å². The molecule has 108 valence electrons. The first kappa shape index (κ1) is 14.5. The molecule has 1 atom stereocenters. The summed E-state index contributed by atoms with van der Waals surface area (Å²) in [5, 5.41) is 13.6. The van der Waals surface area contributed by atoms with E-state index in [0.717, 1.165) is 24.0 Å². The zero-order valence-electron chi connectivity index (χ0n) is 12.1. The van der Waals surface area contributed by atoms with E-state index in [-0.39, 0.29) is 6.61 Å². The van der Waals surface area contributed by atoms with Crippen LogP contribution in [0.15, 0.2) is 22.7 Å². The standard InChI is InChI=1S/C15H20N2O3/c1-4-5-15-16-14(17-20-15)9-19-13-8-10(2)6-7-12(13)11(3)18/h6-8,11,18H,4-5,9H2,1-3H3. The van der Waals surface area contributed by atoms with E-state index < -0.39 is 6.10 Å². The topological polar surface area (TPSA) is 68.4 Å². The molecule has 0 amide bonds. The van der Waals surface area contributed by atoms with Gasteiger partial charge in [-0.1, -0.05) is 24.2 Å². The van der Waals surface area contributed by atoms with Gasteiger partial charge in [-0.2, -0.15) is 4.98 Å². The Balaban J connectivity index is 2.07. The second-order valence-electron chi connectivity index (χ2n) is 4.86.